The van der Waals surface area contributed by atoms with E-state index in [4.69, 9.17) is 19.2 Å². The van der Waals surface area contributed by atoms with Gasteiger partial charge in [-0.3, -0.25) is 9.20 Å². The van der Waals surface area contributed by atoms with E-state index < -0.39 is 0 Å². The largest absolute Gasteiger partial charge is 0.493 e. The minimum atomic E-state index is -0.1000. The summed E-state index contributed by atoms with van der Waals surface area (Å²) in [5, 5.41) is 4.95. The number of anilines is 1. The van der Waals surface area contributed by atoms with Gasteiger partial charge in [-0.15, -0.1) is 11.3 Å². The molecule has 2 aromatic heterocycles. The maximum Gasteiger partial charge on any atom is 0.224 e. The number of benzene rings is 2. The molecule has 1 amide bonds. The highest BCUT2D eigenvalue weighted by Gasteiger charge is 2.15. The molecular formula is C23H23N3O4S. The first kappa shape index (κ1) is 20.7. The number of aromatic nitrogens is 2. The zero-order valence-electron chi connectivity index (χ0n) is 17.5. The van der Waals surface area contributed by atoms with Crippen molar-refractivity contribution in [2.24, 2.45) is 0 Å². The fourth-order valence-corrected chi connectivity index (χ4v) is 4.28. The molecule has 0 saturated carbocycles. The first-order valence-electron chi connectivity index (χ1n) is 9.73. The molecule has 2 heterocycles. The summed E-state index contributed by atoms with van der Waals surface area (Å²) >= 11 is 1.57. The third-order valence-electron chi connectivity index (χ3n) is 4.91. The number of hydrogen-bond acceptors (Lipinski definition) is 6. The van der Waals surface area contributed by atoms with Crippen LogP contribution >= 0.6 is 11.3 Å². The number of ether oxygens (including phenoxy) is 3. The minimum Gasteiger partial charge on any atom is -0.493 e. The fraction of sp³-hybridized carbons (Fsp3) is 0.217. The maximum atomic E-state index is 12.6. The van der Waals surface area contributed by atoms with Crippen LogP contribution in [0.25, 0.3) is 16.2 Å². The van der Waals surface area contributed by atoms with Gasteiger partial charge < -0.3 is 19.5 Å². The Kier molecular flexibility index (Phi) is 6.08. The van der Waals surface area contributed by atoms with E-state index in [0.29, 0.717) is 35.8 Å². The zero-order chi connectivity index (χ0) is 21.8. The number of nitrogens with one attached hydrogen (secondary N) is 1. The molecule has 4 rings (SSSR count). The van der Waals surface area contributed by atoms with Gasteiger partial charge in [0.25, 0.3) is 0 Å². The third-order valence-corrected chi connectivity index (χ3v) is 5.80. The van der Waals surface area contributed by atoms with Gasteiger partial charge in [-0.25, -0.2) is 4.98 Å². The highest BCUT2D eigenvalue weighted by atomic mass is 32.1. The van der Waals surface area contributed by atoms with Crippen LogP contribution in [0.5, 0.6) is 17.2 Å². The average molecular weight is 438 g/mol. The summed E-state index contributed by atoms with van der Waals surface area (Å²) < 4.78 is 18.1. The first-order valence-corrected chi connectivity index (χ1v) is 10.6. The van der Waals surface area contributed by atoms with Gasteiger partial charge in [-0.05, 0) is 6.42 Å². The molecule has 31 heavy (non-hydrogen) atoms. The molecule has 7 nitrogen and oxygen atoms in total. The van der Waals surface area contributed by atoms with Crippen LogP contribution in [0.4, 0.5) is 5.69 Å². The lowest BCUT2D eigenvalue weighted by Gasteiger charge is -2.14. The van der Waals surface area contributed by atoms with Crippen molar-refractivity contribution < 1.29 is 19.0 Å². The second kappa shape index (κ2) is 9.09. The Morgan fingerprint density at radius 2 is 1.77 bits per heavy atom. The average Bonchev–Trinajstić information content (AvgIpc) is 3.39. The molecule has 0 fully saturated rings. The molecular weight excluding hydrogens is 414 g/mol. The molecule has 0 aliphatic rings. The monoisotopic (exact) mass is 437 g/mol. The molecule has 0 atom stereocenters. The highest BCUT2D eigenvalue weighted by Crippen LogP contribution is 2.40. The minimum absolute atomic E-state index is 0.1000. The van der Waals surface area contributed by atoms with Crippen LogP contribution < -0.4 is 19.5 Å². The van der Waals surface area contributed by atoms with Crippen LogP contribution in [0, 0.1) is 0 Å². The predicted octanol–water partition coefficient (Wildman–Crippen LogP) is 4.66. The molecule has 0 aliphatic carbocycles. The second-order valence-corrected chi connectivity index (χ2v) is 7.67. The van der Waals surface area contributed by atoms with Gasteiger partial charge in [0.05, 0.1) is 27.0 Å². The lowest BCUT2D eigenvalue weighted by Crippen LogP contribution is -2.13. The number of rotatable bonds is 8. The lowest BCUT2D eigenvalue weighted by molar-refractivity contribution is -0.116. The summed E-state index contributed by atoms with van der Waals surface area (Å²) in [5.41, 5.74) is 3.64. The van der Waals surface area contributed by atoms with Crippen molar-refractivity contribution in [2.45, 2.75) is 12.8 Å². The van der Waals surface area contributed by atoms with Crippen molar-refractivity contribution in [3.8, 4) is 28.5 Å². The summed E-state index contributed by atoms with van der Waals surface area (Å²) in [6, 6.07) is 13.5. The molecule has 2 aromatic carbocycles. The molecule has 0 aliphatic heterocycles. The standard InChI is InChI=1S/C23H23N3O4S/c1-28-19-11-16(12-20(29-2)22(19)30-3)24-21(27)10-9-17-14-31-23-25-18(13-26(17)23)15-7-5-4-6-8-15/h4-8,11-14H,9-10H2,1-3H3,(H,24,27). The Labute approximate surface area is 184 Å². The summed E-state index contributed by atoms with van der Waals surface area (Å²) in [5.74, 6) is 1.36. The van der Waals surface area contributed by atoms with Crippen LogP contribution in [-0.4, -0.2) is 36.6 Å². The number of aryl methyl sites for hydroxylation is 1. The predicted molar refractivity (Wildman–Crippen MR) is 122 cm³/mol. The van der Waals surface area contributed by atoms with Gasteiger partial charge in [-0.2, -0.15) is 0 Å². The number of amides is 1. The van der Waals surface area contributed by atoms with Gasteiger partial charge in [0.15, 0.2) is 16.5 Å². The molecule has 0 saturated heterocycles. The molecule has 0 unspecified atom stereocenters. The quantitative estimate of drug-likeness (QED) is 0.434. The number of carbonyl (C=O) groups is 1. The number of nitrogens with zero attached hydrogens (tertiary/aromatic N) is 2. The van der Waals surface area contributed by atoms with Crippen LogP contribution in [0.15, 0.2) is 54.0 Å². The normalized spacial score (nSPS) is 10.8. The van der Waals surface area contributed by atoms with Crippen molar-refractivity contribution in [2.75, 3.05) is 26.6 Å². The van der Waals surface area contributed by atoms with E-state index in [1.54, 1.807) is 44.8 Å². The molecule has 4 aromatic rings. The molecule has 1 N–H and O–H groups in total. The number of hydrogen-bond donors (Lipinski definition) is 1. The van der Waals surface area contributed by atoms with Gasteiger partial charge in [0.1, 0.15) is 0 Å². The van der Waals surface area contributed by atoms with Crippen molar-refractivity contribution >= 4 is 27.9 Å². The highest BCUT2D eigenvalue weighted by molar-refractivity contribution is 7.15. The van der Waals surface area contributed by atoms with Crippen molar-refractivity contribution in [1.29, 1.82) is 0 Å². The van der Waals surface area contributed by atoms with E-state index >= 15 is 0 Å². The number of carbonyl (C=O) groups excluding carboxylic acids is 1. The van der Waals surface area contributed by atoms with E-state index in [9.17, 15) is 4.79 Å². The third kappa shape index (κ3) is 4.34. The molecule has 0 spiro atoms. The van der Waals surface area contributed by atoms with Gasteiger partial charge in [-0.1, -0.05) is 30.3 Å². The van der Waals surface area contributed by atoms with Gasteiger partial charge >= 0.3 is 0 Å². The topological polar surface area (TPSA) is 74.1 Å². The number of fused-ring (bicyclic) bond motifs is 1. The van der Waals surface area contributed by atoms with E-state index in [2.05, 4.69) is 9.72 Å². The number of methoxy groups -OCH3 is 3. The number of imidazole rings is 1. The Morgan fingerprint density at radius 1 is 1.06 bits per heavy atom. The smallest absolute Gasteiger partial charge is 0.224 e. The van der Waals surface area contributed by atoms with E-state index in [-0.39, 0.29) is 5.91 Å². The molecule has 0 bridgehead atoms. The van der Waals surface area contributed by atoms with Crippen molar-refractivity contribution in [3.63, 3.8) is 0 Å². The van der Waals surface area contributed by atoms with E-state index in [1.807, 2.05) is 41.9 Å². The fourth-order valence-electron chi connectivity index (χ4n) is 3.38. The van der Waals surface area contributed by atoms with Gasteiger partial charge in [0, 0.05) is 47.1 Å². The van der Waals surface area contributed by atoms with E-state index in [1.165, 1.54) is 0 Å². The SMILES string of the molecule is COc1cc(NC(=O)CCc2csc3nc(-c4ccccc4)cn23)cc(OC)c1OC. The van der Waals surface area contributed by atoms with Crippen molar-refractivity contribution in [1.82, 2.24) is 9.38 Å². The summed E-state index contributed by atoms with van der Waals surface area (Å²) in [6.07, 6.45) is 2.95. The number of thiazole rings is 1. The lowest BCUT2D eigenvalue weighted by atomic mass is 10.2. The Hall–Kier alpha value is -3.52. The molecule has 0 radical (unpaired) electrons. The summed E-state index contributed by atoms with van der Waals surface area (Å²) in [4.78, 5) is 18.2. The van der Waals surface area contributed by atoms with Gasteiger partial charge in [0.2, 0.25) is 11.7 Å². The Bertz CT molecular complexity index is 1180. The molecule has 160 valence electrons. The molecule has 8 heteroatoms. The van der Waals surface area contributed by atoms with Crippen LogP contribution in [0.1, 0.15) is 12.1 Å². The van der Waals surface area contributed by atoms with Crippen LogP contribution in [0.2, 0.25) is 0 Å². The zero-order valence-corrected chi connectivity index (χ0v) is 18.4. The maximum absolute atomic E-state index is 12.6. The van der Waals surface area contributed by atoms with Crippen LogP contribution in [-0.2, 0) is 11.2 Å². The summed E-state index contributed by atoms with van der Waals surface area (Å²) in [7, 11) is 4.62. The Morgan fingerprint density at radius 3 is 2.42 bits per heavy atom. The first-order chi connectivity index (χ1) is 15.1. The van der Waals surface area contributed by atoms with E-state index in [0.717, 1.165) is 21.9 Å². The van der Waals surface area contributed by atoms with Crippen LogP contribution in [0.3, 0.4) is 0 Å². The Balaban J connectivity index is 1.46. The van der Waals surface area contributed by atoms with Crippen molar-refractivity contribution in [3.05, 3.63) is 59.7 Å². The second-order valence-electron chi connectivity index (χ2n) is 6.83. The summed E-state index contributed by atoms with van der Waals surface area (Å²) in [6.45, 7) is 0.